The monoisotopic (exact) mass is 641 g/mol. The fourth-order valence-corrected chi connectivity index (χ4v) is 4.84. The van der Waals surface area contributed by atoms with Crippen LogP contribution in [0.25, 0.3) is 6.08 Å². The van der Waals surface area contributed by atoms with Crippen molar-refractivity contribution in [2.45, 2.75) is 24.7 Å². The molecular weight excluding hydrogens is 610 g/mol. The zero-order chi connectivity index (χ0) is 32.0. The van der Waals surface area contributed by atoms with Gasteiger partial charge in [0.2, 0.25) is 5.91 Å². The number of hydrogen-bond acceptors (Lipinski definition) is 6. The molecule has 10 heteroatoms. The van der Waals surface area contributed by atoms with E-state index in [1.807, 2.05) is 6.92 Å². The van der Waals surface area contributed by atoms with Crippen LogP contribution >= 0.6 is 23.4 Å². The summed E-state index contributed by atoms with van der Waals surface area (Å²) in [5, 5.41) is 8.74. The van der Waals surface area contributed by atoms with Crippen molar-refractivity contribution in [1.29, 1.82) is 0 Å². The van der Waals surface area contributed by atoms with Gasteiger partial charge in [-0.05, 0) is 84.8 Å². The predicted octanol–water partition coefficient (Wildman–Crippen LogP) is 7.44. The van der Waals surface area contributed by atoms with Crippen molar-refractivity contribution in [3.8, 4) is 0 Å². The Balaban J connectivity index is 1.33. The van der Waals surface area contributed by atoms with E-state index in [1.165, 1.54) is 17.8 Å². The van der Waals surface area contributed by atoms with Crippen LogP contribution in [0.15, 0.2) is 114 Å². The number of carbonyl (C=O) groups is 4. The maximum atomic E-state index is 13.3. The van der Waals surface area contributed by atoms with Crippen LogP contribution in [0.1, 0.15) is 46.0 Å². The third-order valence-corrected chi connectivity index (χ3v) is 7.71. The molecule has 0 atom stereocenters. The SMILES string of the molecule is CCCCOC(=O)c1ccc(NC(=O)CSc2ccc(NC(=O)/C(=C/c3ccccc3Cl)NC(=O)c3ccccc3)cc2)cc1. The summed E-state index contributed by atoms with van der Waals surface area (Å²) in [5.74, 6) is -1.41. The van der Waals surface area contributed by atoms with Gasteiger partial charge in [0.15, 0.2) is 0 Å². The van der Waals surface area contributed by atoms with Crippen LogP contribution < -0.4 is 16.0 Å². The summed E-state index contributed by atoms with van der Waals surface area (Å²) in [7, 11) is 0. The summed E-state index contributed by atoms with van der Waals surface area (Å²) in [6, 6.07) is 29.1. The van der Waals surface area contributed by atoms with Gasteiger partial charge in [0.1, 0.15) is 5.70 Å². The number of amides is 3. The van der Waals surface area contributed by atoms with E-state index in [1.54, 1.807) is 103 Å². The van der Waals surface area contributed by atoms with Gasteiger partial charge in [-0.2, -0.15) is 0 Å². The van der Waals surface area contributed by atoms with E-state index in [0.29, 0.717) is 39.7 Å². The van der Waals surface area contributed by atoms with Crippen molar-refractivity contribution in [1.82, 2.24) is 5.32 Å². The van der Waals surface area contributed by atoms with Gasteiger partial charge in [0.05, 0.1) is 17.9 Å². The summed E-state index contributed by atoms with van der Waals surface area (Å²) in [6.07, 6.45) is 3.28. The molecular formula is C35H32ClN3O5S. The minimum Gasteiger partial charge on any atom is -0.462 e. The van der Waals surface area contributed by atoms with E-state index >= 15 is 0 Å². The highest BCUT2D eigenvalue weighted by Gasteiger charge is 2.16. The van der Waals surface area contributed by atoms with E-state index in [9.17, 15) is 19.2 Å². The number of benzene rings is 4. The van der Waals surface area contributed by atoms with Crippen LogP contribution in [-0.4, -0.2) is 36.1 Å². The van der Waals surface area contributed by atoms with E-state index in [2.05, 4.69) is 16.0 Å². The zero-order valence-corrected chi connectivity index (χ0v) is 26.1. The Morgan fingerprint density at radius 2 is 1.42 bits per heavy atom. The highest BCUT2D eigenvalue weighted by atomic mass is 35.5. The summed E-state index contributed by atoms with van der Waals surface area (Å²) >= 11 is 7.63. The Kier molecular flexibility index (Phi) is 12.4. The number of thioether (sulfide) groups is 1. The molecule has 0 aliphatic carbocycles. The smallest absolute Gasteiger partial charge is 0.338 e. The van der Waals surface area contributed by atoms with Crippen molar-refractivity contribution < 1.29 is 23.9 Å². The quantitative estimate of drug-likeness (QED) is 0.0605. The fourth-order valence-electron chi connectivity index (χ4n) is 3.95. The molecule has 0 spiro atoms. The van der Waals surface area contributed by atoms with Gasteiger partial charge in [0.25, 0.3) is 11.8 Å². The lowest BCUT2D eigenvalue weighted by Crippen LogP contribution is -2.30. The van der Waals surface area contributed by atoms with Gasteiger partial charge in [-0.3, -0.25) is 14.4 Å². The Bertz CT molecular complexity index is 1660. The number of esters is 1. The Hall–Kier alpha value is -4.86. The molecule has 45 heavy (non-hydrogen) atoms. The van der Waals surface area contributed by atoms with Gasteiger partial charge < -0.3 is 20.7 Å². The maximum Gasteiger partial charge on any atom is 0.338 e. The van der Waals surface area contributed by atoms with Gasteiger partial charge in [-0.25, -0.2) is 4.79 Å². The first kappa shape index (κ1) is 33.0. The lowest BCUT2D eigenvalue weighted by atomic mass is 10.1. The molecule has 3 amide bonds. The van der Waals surface area contributed by atoms with Crippen LogP contribution in [0.4, 0.5) is 11.4 Å². The summed E-state index contributed by atoms with van der Waals surface area (Å²) in [5.41, 5.74) is 2.50. The van der Waals surface area contributed by atoms with Gasteiger partial charge in [-0.15, -0.1) is 11.8 Å². The molecule has 0 aliphatic heterocycles. The fraction of sp³-hybridized carbons (Fsp3) is 0.143. The topological polar surface area (TPSA) is 114 Å². The second-order valence-electron chi connectivity index (χ2n) is 9.78. The summed E-state index contributed by atoms with van der Waals surface area (Å²) in [4.78, 5) is 51.5. The number of halogens is 1. The first-order valence-corrected chi connectivity index (χ1v) is 15.6. The van der Waals surface area contributed by atoms with E-state index in [4.69, 9.17) is 16.3 Å². The summed E-state index contributed by atoms with van der Waals surface area (Å²) < 4.78 is 5.20. The highest BCUT2D eigenvalue weighted by Crippen LogP contribution is 2.22. The van der Waals surface area contributed by atoms with Crippen molar-refractivity contribution in [2.24, 2.45) is 0 Å². The normalized spacial score (nSPS) is 10.9. The number of ether oxygens (including phenoxy) is 1. The highest BCUT2D eigenvalue weighted by molar-refractivity contribution is 8.00. The van der Waals surface area contributed by atoms with Crippen LogP contribution in [0, 0.1) is 0 Å². The zero-order valence-electron chi connectivity index (χ0n) is 24.5. The van der Waals surface area contributed by atoms with Gasteiger partial charge >= 0.3 is 5.97 Å². The minimum atomic E-state index is -0.528. The van der Waals surface area contributed by atoms with E-state index < -0.39 is 11.8 Å². The average molecular weight is 642 g/mol. The molecule has 4 aromatic carbocycles. The molecule has 0 radical (unpaired) electrons. The van der Waals surface area contributed by atoms with Gasteiger partial charge in [0, 0.05) is 26.9 Å². The van der Waals surface area contributed by atoms with E-state index in [-0.39, 0.29) is 23.3 Å². The largest absolute Gasteiger partial charge is 0.462 e. The molecule has 4 aromatic rings. The lowest BCUT2D eigenvalue weighted by Gasteiger charge is -2.12. The molecule has 0 saturated heterocycles. The second kappa shape index (κ2) is 16.8. The molecule has 4 rings (SSSR count). The first-order valence-electron chi connectivity index (χ1n) is 14.3. The number of unbranched alkanes of at least 4 members (excludes halogenated alkanes) is 1. The Morgan fingerprint density at radius 1 is 0.778 bits per heavy atom. The maximum absolute atomic E-state index is 13.3. The van der Waals surface area contributed by atoms with Crippen LogP contribution in [0.3, 0.4) is 0 Å². The molecule has 3 N–H and O–H groups in total. The molecule has 0 bridgehead atoms. The first-order chi connectivity index (χ1) is 21.8. The number of carbonyl (C=O) groups excluding carboxylic acids is 4. The van der Waals surface area contributed by atoms with Crippen molar-refractivity contribution in [3.05, 3.63) is 131 Å². The third-order valence-electron chi connectivity index (χ3n) is 6.35. The van der Waals surface area contributed by atoms with Crippen molar-refractivity contribution >= 4 is 64.5 Å². The number of anilines is 2. The van der Waals surface area contributed by atoms with Crippen LogP contribution in [0.2, 0.25) is 5.02 Å². The standard InChI is InChI=1S/C35H32ClN3O5S/c1-2-3-21-44-35(43)25-13-15-27(16-14-25)37-32(40)23-45-29-19-17-28(18-20-29)38-34(42)31(22-26-11-7-8-12-30(26)36)39-33(41)24-9-5-4-6-10-24/h4-20,22H,2-3,21,23H2,1H3,(H,37,40)(H,38,42)(H,39,41)/b31-22-. The summed E-state index contributed by atoms with van der Waals surface area (Å²) in [6.45, 7) is 2.40. The second-order valence-corrected chi connectivity index (χ2v) is 11.2. The molecule has 0 saturated carbocycles. The number of rotatable bonds is 13. The third kappa shape index (κ3) is 10.4. The number of hydrogen-bond donors (Lipinski definition) is 3. The molecule has 8 nitrogen and oxygen atoms in total. The molecule has 230 valence electrons. The van der Waals surface area contributed by atoms with Crippen molar-refractivity contribution in [2.75, 3.05) is 23.0 Å². The average Bonchev–Trinajstić information content (AvgIpc) is 3.06. The molecule has 0 aliphatic rings. The molecule has 0 aromatic heterocycles. The van der Waals surface area contributed by atoms with Crippen LogP contribution in [-0.2, 0) is 14.3 Å². The Morgan fingerprint density at radius 3 is 2.11 bits per heavy atom. The molecule has 0 unspecified atom stereocenters. The molecule has 0 fully saturated rings. The molecule has 0 heterocycles. The number of nitrogens with one attached hydrogen (secondary N) is 3. The predicted molar refractivity (Wildman–Crippen MR) is 179 cm³/mol. The van der Waals surface area contributed by atoms with Crippen molar-refractivity contribution in [3.63, 3.8) is 0 Å². The minimum absolute atomic E-state index is 0.0218. The van der Waals surface area contributed by atoms with Crippen LogP contribution in [0.5, 0.6) is 0 Å². The van der Waals surface area contributed by atoms with Gasteiger partial charge in [-0.1, -0.05) is 61.3 Å². The Labute approximate surface area is 271 Å². The van der Waals surface area contributed by atoms with E-state index in [0.717, 1.165) is 17.7 Å². The lowest BCUT2D eigenvalue weighted by molar-refractivity contribution is -0.114.